The summed E-state index contributed by atoms with van der Waals surface area (Å²) >= 11 is 0. The van der Waals surface area contributed by atoms with Crippen LogP contribution in [0.5, 0.6) is 0 Å². The van der Waals surface area contributed by atoms with Crippen LogP contribution in [0.4, 0.5) is 5.69 Å². The predicted molar refractivity (Wildman–Crippen MR) is 87.6 cm³/mol. The van der Waals surface area contributed by atoms with Gasteiger partial charge in [-0.15, -0.1) is 0 Å². The average molecular weight is 289 g/mol. The second-order valence-corrected chi connectivity index (χ2v) is 5.56. The van der Waals surface area contributed by atoms with Gasteiger partial charge in [0.25, 0.3) is 0 Å². The molecule has 0 aliphatic heterocycles. The summed E-state index contributed by atoms with van der Waals surface area (Å²) in [5.41, 5.74) is 3.31. The van der Waals surface area contributed by atoms with Gasteiger partial charge in [-0.2, -0.15) is 0 Å². The Labute approximate surface area is 128 Å². The van der Waals surface area contributed by atoms with Crippen molar-refractivity contribution < 1.29 is 9.59 Å². The molecule has 0 spiro atoms. The zero-order valence-corrected chi connectivity index (χ0v) is 13.5. The summed E-state index contributed by atoms with van der Waals surface area (Å²) in [4.78, 5) is 22.7. The van der Waals surface area contributed by atoms with Gasteiger partial charge in [-0.05, 0) is 49.4 Å². The quantitative estimate of drug-likeness (QED) is 0.684. The van der Waals surface area contributed by atoms with Crippen molar-refractivity contribution in [1.29, 1.82) is 0 Å². The Morgan fingerprint density at radius 3 is 2.43 bits per heavy atom. The van der Waals surface area contributed by atoms with E-state index in [0.29, 0.717) is 25.0 Å². The van der Waals surface area contributed by atoms with Gasteiger partial charge in [-0.1, -0.05) is 26.3 Å². The third-order valence-electron chi connectivity index (χ3n) is 3.56. The maximum Gasteiger partial charge on any atom is 0.224 e. The van der Waals surface area contributed by atoms with Crippen LogP contribution in [-0.4, -0.2) is 11.7 Å². The van der Waals surface area contributed by atoms with Crippen LogP contribution in [0, 0.1) is 6.92 Å². The smallest absolute Gasteiger partial charge is 0.224 e. The standard InChI is InChI=1S/C18H27NO2/c1-4-17(20)10-8-6-7-9-15-11-14(3)12-16(13-15)19-18(21)5-2/h11-13H,4-10H2,1-3H3,(H,19,21). The monoisotopic (exact) mass is 289 g/mol. The van der Waals surface area contributed by atoms with E-state index in [1.54, 1.807) is 0 Å². The molecule has 0 radical (unpaired) electrons. The van der Waals surface area contributed by atoms with E-state index in [2.05, 4.69) is 17.4 Å². The van der Waals surface area contributed by atoms with E-state index >= 15 is 0 Å². The lowest BCUT2D eigenvalue weighted by molar-refractivity contribution is -0.119. The van der Waals surface area contributed by atoms with Crippen LogP contribution in [0.2, 0.25) is 0 Å². The van der Waals surface area contributed by atoms with E-state index in [9.17, 15) is 9.59 Å². The number of benzene rings is 1. The molecular formula is C18H27NO2. The molecule has 21 heavy (non-hydrogen) atoms. The lowest BCUT2D eigenvalue weighted by Gasteiger charge is -2.09. The average Bonchev–Trinajstić information content (AvgIpc) is 2.45. The molecular weight excluding hydrogens is 262 g/mol. The molecule has 0 fully saturated rings. The van der Waals surface area contributed by atoms with E-state index in [1.165, 1.54) is 11.1 Å². The summed E-state index contributed by atoms with van der Waals surface area (Å²) in [7, 11) is 0. The summed E-state index contributed by atoms with van der Waals surface area (Å²) in [6.45, 7) is 5.82. The van der Waals surface area contributed by atoms with Gasteiger partial charge in [0, 0.05) is 24.9 Å². The third kappa shape index (κ3) is 7.07. The number of hydrogen-bond donors (Lipinski definition) is 1. The maximum atomic E-state index is 11.5. The number of nitrogens with one attached hydrogen (secondary N) is 1. The SMILES string of the molecule is CCC(=O)CCCCCc1cc(C)cc(NC(=O)CC)c1. The van der Waals surface area contributed by atoms with Crippen molar-refractivity contribution in [1.82, 2.24) is 0 Å². The zero-order chi connectivity index (χ0) is 15.7. The van der Waals surface area contributed by atoms with Crippen LogP contribution in [0.1, 0.15) is 63.5 Å². The number of anilines is 1. The summed E-state index contributed by atoms with van der Waals surface area (Å²) in [6, 6.07) is 6.22. The van der Waals surface area contributed by atoms with Crippen LogP contribution >= 0.6 is 0 Å². The number of Topliss-reactive ketones (excluding diaryl/α,β-unsaturated/α-hetero) is 1. The van der Waals surface area contributed by atoms with Gasteiger partial charge in [0.15, 0.2) is 0 Å². The number of amides is 1. The maximum absolute atomic E-state index is 11.5. The minimum absolute atomic E-state index is 0.0460. The Kier molecular flexibility index (Phi) is 7.73. The van der Waals surface area contributed by atoms with Gasteiger partial charge >= 0.3 is 0 Å². The number of hydrogen-bond acceptors (Lipinski definition) is 2. The molecule has 0 bridgehead atoms. The normalized spacial score (nSPS) is 10.4. The lowest BCUT2D eigenvalue weighted by atomic mass is 10.0. The number of carbonyl (C=O) groups excluding carboxylic acids is 2. The fourth-order valence-electron chi connectivity index (χ4n) is 2.33. The molecule has 0 saturated carbocycles. The Bertz CT molecular complexity index is 480. The van der Waals surface area contributed by atoms with Gasteiger partial charge in [-0.3, -0.25) is 9.59 Å². The molecule has 1 aromatic carbocycles. The third-order valence-corrected chi connectivity index (χ3v) is 3.56. The van der Waals surface area contributed by atoms with Crippen molar-refractivity contribution in [3.05, 3.63) is 29.3 Å². The largest absolute Gasteiger partial charge is 0.326 e. The molecule has 0 unspecified atom stereocenters. The van der Waals surface area contributed by atoms with Crippen LogP contribution < -0.4 is 5.32 Å². The highest BCUT2D eigenvalue weighted by atomic mass is 16.1. The minimum Gasteiger partial charge on any atom is -0.326 e. The Morgan fingerprint density at radius 2 is 1.76 bits per heavy atom. The predicted octanol–water partition coefficient (Wildman–Crippen LogP) is 4.43. The molecule has 0 heterocycles. The van der Waals surface area contributed by atoms with Crippen molar-refractivity contribution in [2.75, 3.05) is 5.32 Å². The second kappa shape index (κ2) is 9.32. The molecule has 3 nitrogen and oxygen atoms in total. The van der Waals surface area contributed by atoms with Crippen molar-refractivity contribution in [3.63, 3.8) is 0 Å². The highest BCUT2D eigenvalue weighted by molar-refractivity contribution is 5.90. The van der Waals surface area contributed by atoms with Crippen LogP contribution in [-0.2, 0) is 16.0 Å². The molecule has 1 aromatic rings. The van der Waals surface area contributed by atoms with Gasteiger partial charge < -0.3 is 5.32 Å². The van der Waals surface area contributed by atoms with Gasteiger partial charge in [-0.25, -0.2) is 0 Å². The number of unbranched alkanes of at least 4 members (excludes halogenated alkanes) is 2. The first kappa shape index (κ1) is 17.4. The van der Waals surface area contributed by atoms with Crippen LogP contribution in [0.3, 0.4) is 0 Å². The molecule has 0 atom stereocenters. The molecule has 0 aliphatic rings. The number of ketones is 1. The van der Waals surface area contributed by atoms with Gasteiger partial charge in [0.05, 0.1) is 0 Å². The summed E-state index contributed by atoms with van der Waals surface area (Å²) < 4.78 is 0. The summed E-state index contributed by atoms with van der Waals surface area (Å²) in [6.07, 6.45) is 6.00. The van der Waals surface area contributed by atoms with Crippen molar-refractivity contribution in [2.24, 2.45) is 0 Å². The minimum atomic E-state index is 0.0460. The molecule has 1 amide bonds. The molecule has 0 aromatic heterocycles. The van der Waals surface area contributed by atoms with Gasteiger partial charge in [0.1, 0.15) is 5.78 Å². The van der Waals surface area contributed by atoms with Crippen molar-refractivity contribution in [2.45, 2.75) is 65.7 Å². The molecule has 1 N–H and O–H groups in total. The Balaban J connectivity index is 2.44. The van der Waals surface area contributed by atoms with E-state index in [1.807, 2.05) is 26.8 Å². The highest BCUT2D eigenvalue weighted by Gasteiger charge is 2.03. The number of carbonyl (C=O) groups is 2. The fraction of sp³-hybridized carbons (Fsp3) is 0.556. The van der Waals surface area contributed by atoms with E-state index in [-0.39, 0.29) is 5.91 Å². The first-order chi connectivity index (χ1) is 10.0. The van der Waals surface area contributed by atoms with Crippen molar-refractivity contribution >= 4 is 17.4 Å². The molecule has 116 valence electrons. The van der Waals surface area contributed by atoms with Gasteiger partial charge in [0.2, 0.25) is 5.91 Å². The van der Waals surface area contributed by atoms with Crippen LogP contribution in [0.25, 0.3) is 0 Å². The van der Waals surface area contributed by atoms with E-state index in [0.717, 1.165) is 31.4 Å². The highest BCUT2D eigenvalue weighted by Crippen LogP contribution is 2.17. The lowest BCUT2D eigenvalue weighted by Crippen LogP contribution is -2.09. The van der Waals surface area contributed by atoms with E-state index in [4.69, 9.17) is 0 Å². The first-order valence-corrected chi connectivity index (χ1v) is 7.97. The fourth-order valence-corrected chi connectivity index (χ4v) is 2.33. The Morgan fingerprint density at radius 1 is 1.00 bits per heavy atom. The number of rotatable bonds is 9. The molecule has 0 aliphatic carbocycles. The number of aryl methyl sites for hydroxylation is 2. The zero-order valence-electron chi connectivity index (χ0n) is 13.5. The topological polar surface area (TPSA) is 46.2 Å². The first-order valence-electron chi connectivity index (χ1n) is 7.97. The molecule has 3 heteroatoms. The molecule has 0 saturated heterocycles. The van der Waals surface area contributed by atoms with E-state index < -0.39 is 0 Å². The van der Waals surface area contributed by atoms with Crippen LogP contribution in [0.15, 0.2) is 18.2 Å². The second-order valence-electron chi connectivity index (χ2n) is 5.56. The summed E-state index contributed by atoms with van der Waals surface area (Å²) in [5.74, 6) is 0.403. The summed E-state index contributed by atoms with van der Waals surface area (Å²) in [5, 5.41) is 2.91. The Hall–Kier alpha value is -1.64. The molecule has 1 rings (SSSR count). The van der Waals surface area contributed by atoms with Crippen molar-refractivity contribution in [3.8, 4) is 0 Å².